The maximum Gasteiger partial charge on any atom is 0.231 e. The topological polar surface area (TPSA) is 72.0 Å². The lowest BCUT2D eigenvalue weighted by Gasteiger charge is -1.96. The average Bonchev–Trinajstić information content (AvgIpc) is 3.11. The van der Waals surface area contributed by atoms with Gasteiger partial charge in [0.05, 0.1) is 22.5 Å². The Morgan fingerprint density at radius 2 is 2.25 bits per heavy atom. The molecule has 0 unspecified atom stereocenters. The summed E-state index contributed by atoms with van der Waals surface area (Å²) in [6.07, 6.45) is 0. The van der Waals surface area contributed by atoms with E-state index in [0.717, 1.165) is 33.4 Å². The van der Waals surface area contributed by atoms with Crippen LogP contribution in [0.5, 0.6) is 0 Å². The van der Waals surface area contributed by atoms with E-state index in [-0.39, 0.29) is 0 Å². The summed E-state index contributed by atoms with van der Waals surface area (Å²) >= 11 is 1.59. The lowest BCUT2D eigenvalue weighted by molar-refractivity contribution is 0.391. The molecule has 1 aromatic carbocycles. The highest BCUT2D eigenvalue weighted by Gasteiger charge is 2.12. The van der Waals surface area contributed by atoms with Gasteiger partial charge >= 0.3 is 0 Å². The highest BCUT2D eigenvalue weighted by Crippen LogP contribution is 2.25. The molecule has 0 fully saturated rings. The van der Waals surface area contributed by atoms with E-state index in [2.05, 4.69) is 20.3 Å². The maximum absolute atomic E-state index is 5.21. The highest BCUT2D eigenvalue weighted by atomic mass is 32.2. The molecule has 0 atom stereocenters. The van der Waals surface area contributed by atoms with Gasteiger partial charge in [0.15, 0.2) is 5.16 Å². The number of imidazole rings is 1. The smallest absolute Gasteiger partial charge is 0.231 e. The van der Waals surface area contributed by atoms with Crippen LogP contribution in [0.25, 0.3) is 16.8 Å². The third-order valence-electron chi connectivity index (χ3n) is 3.02. The zero-order valence-corrected chi connectivity index (χ0v) is 11.5. The molecule has 0 spiro atoms. The number of hydrogen-bond donors (Lipinski definition) is 1. The predicted octanol–water partition coefficient (Wildman–Crippen LogP) is 2.80. The van der Waals surface area contributed by atoms with Crippen LogP contribution < -0.4 is 0 Å². The Morgan fingerprint density at radius 1 is 1.35 bits per heavy atom. The van der Waals surface area contributed by atoms with Crippen LogP contribution >= 0.6 is 11.8 Å². The van der Waals surface area contributed by atoms with Crippen molar-refractivity contribution in [2.75, 3.05) is 0 Å². The number of aromatic amines is 1. The van der Waals surface area contributed by atoms with Gasteiger partial charge in [0.2, 0.25) is 5.78 Å². The average molecular weight is 285 g/mol. The van der Waals surface area contributed by atoms with E-state index in [1.807, 2.05) is 41.7 Å². The number of benzene rings is 1. The number of rotatable bonds is 3. The zero-order chi connectivity index (χ0) is 13.5. The summed E-state index contributed by atoms with van der Waals surface area (Å²) in [5.74, 6) is 2.28. The largest absolute Gasteiger partial charge is 0.360 e. The fraction of sp³-hybridized carbons (Fsp3) is 0.154. The van der Waals surface area contributed by atoms with Gasteiger partial charge in [-0.1, -0.05) is 29.1 Å². The van der Waals surface area contributed by atoms with E-state index >= 15 is 0 Å². The Balaban J connectivity index is 1.72. The molecule has 6 nitrogen and oxygen atoms in total. The minimum absolute atomic E-state index is 0.688. The zero-order valence-electron chi connectivity index (χ0n) is 10.7. The van der Waals surface area contributed by atoms with E-state index in [9.17, 15) is 0 Å². The Kier molecular flexibility index (Phi) is 2.53. The molecular formula is C13H11N5OS. The number of hydrogen-bond acceptors (Lipinski definition) is 5. The standard InChI is InChI=1S/C13H11N5OS/c1-8-6-9(19-17-8)7-20-13-16-15-12-14-10-4-2-3-5-11(10)18(12)13/h2-6H,7H2,1H3,(H,14,15). The quantitative estimate of drug-likeness (QED) is 0.586. The number of H-pyrrole nitrogens is 1. The van der Waals surface area contributed by atoms with Gasteiger partial charge in [-0.05, 0) is 19.1 Å². The molecule has 1 N–H and O–H groups in total. The Morgan fingerprint density at radius 3 is 3.10 bits per heavy atom. The van der Waals surface area contributed by atoms with Crippen molar-refractivity contribution in [1.82, 2.24) is 24.7 Å². The van der Waals surface area contributed by atoms with Crippen molar-refractivity contribution in [2.45, 2.75) is 17.8 Å². The number of aryl methyl sites for hydroxylation is 1. The Bertz CT molecular complexity index is 890. The van der Waals surface area contributed by atoms with E-state index < -0.39 is 0 Å². The second kappa shape index (κ2) is 4.38. The number of para-hydroxylation sites is 2. The number of nitrogens with one attached hydrogen (secondary N) is 1. The Hall–Kier alpha value is -2.28. The molecule has 0 aliphatic rings. The summed E-state index contributed by atoms with van der Waals surface area (Å²) in [6, 6.07) is 9.94. The summed E-state index contributed by atoms with van der Waals surface area (Å²) in [5, 5.41) is 12.0. The van der Waals surface area contributed by atoms with Gasteiger partial charge in [-0.15, -0.1) is 5.10 Å². The maximum atomic E-state index is 5.21. The van der Waals surface area contributed by atoms with Crippen LogP contribution in [0.15, 0.2) is 40.0 Å². The molecule has 100 valence electrons. The molecule has 0 saturated carbocycles. The first kappa shape index (κ1) is 11.5. The van der Waals surface area contributed by atoms with E-state index in [1.54, 1.807) is 11.8 Å². The molecule has 3 heterocycles. The summed E-state index contributed by atoms with van der Waals surface area (Å²) in [5.41, 5.74) is 2.90. The van der Waals surface area contributed by atoms with Crippen molar-refractivity contribution < 1.29 is 4.52 Å². The van der Waals surface area contributed by atoms with Gasteiger partial charge in [0.1, 0.15) is 5.76 Å². The monoisotopic (exact) mass is 285 g/mol. The minimum atomic E-state index is 0.688. The molecule has 4 aromatic rings. The Labute approximate surface area is 118 Å². The molecule has 20 heavy (non-hydrogen) atoms. The lowest BCUT2D eigenvalue weighted by atomic mass is 10.3. The molecular weight excluding hydrogens is 274 g/mol. The van der Waals surface area contributed by atoms with E-state index in [4.69, 9.17) is 4.52 Å². The molecule has 0 saturated heterocycles. The van der Waals surface area contributed by atoms with Gasteiger partial charge < -0.3 is 4.52 Å². The summed E-state index contributed by atoms with van der Waals surface area (Å²) < 4.78 is 7.23. The fourth-order valence-electron chi connectivity index (χ4n) is 2.16. The van der Waals surface area contributed by atoms with Crippen molar-refractivity contribution in [1.29, 1.82) is 0 Å². The molecule has 0 aliphatic carbocycles. The fourth-order valence-corrected chi connectivity index (χ4v) is 2.99. The second-order valence-electron chi connectivity index (χ2n) is 4.49. The summed E-state index contributed by atoms with van der Waals surface area (Å²) in [6.45, 7) is 1.91. The first-order chi connectivity index (χ1) is 9.81. The molecule has 0 aliphatic heterocycles. The lowest BCUT2D eigenvalue weighted by Crippen LogP contribution is -1.86. The summed E-state index contributed by atoms with van der Waals surface area (Å²) in [4.78, 5) is 4.49. The molecule has 0 bridgehead atoms. The van der Waals surface area contributed by atoms with Crippen molar-refractivity contribution >= 4 is 28.6 Å². The highest BCUT2D eigenvalue weighted by molar-refractivity contribution is 7.98. The van der Waals surface area contributed by atoms with Crippen LogP contribution in [-0.4, -0.2) is 24.7 Å². The van der Waals surface area contributed by atoms with Gasteiger partial charge in [-0.25, -0.2) is 10.1 Å². The molecule has 0 amide bonds. The SMILES string of the molecule is Cc1cc(CSc2n[nH]c3nc4ccccc4n23)on1. The van der Waals surface area contributed by atoms with Crippen LogP contribution in [0.4, 0.5) is 0 Å². The van der Waals surface area contributed by atoms with Crippen molar-refractivity contribution in [3.63, 3.8) is 0 Å². The van der Waals surface area contributed by atoms with E-state index in [0.29, 0.717) is 5.75 Å². The normalized spacial score (nSPS) is 11.7. The third-order valence-corrected chi connectivity index (χ3v) is 3.98. The number of nitrogens with zero attached hydrogens (tertiary/aromatic N) is 4. The summed E-state index contributed by atoms with van der Waals surface area (Å²) in [7, 11) is 0. The number of fused-ring (bicyclic) bond motifs is 3. The van der Waals surface area contributed by atoms with Crippen LogP contribution in [-0.2, 0) is 5.75 Å². The van der Waals surface area contributed by atoms with Gasteiger partial charge in [0, 0.05) is 6.07 Å². The van der Waals surface area contributed by atoms with E-state index in [1.165, 1.54) is 0 Å². The van der Waals surface area contributed by atoms with Gasteiger partial charge in [-0.3, -0.25) is 4.40 Å². The van der Waals surface area contributed by atoms with Crippen LogP contribution in [0.3, 0.4) is 0 Å². The van der Waals surface area contributed by atoms with Crippen LogP contribution in [0.1, 0.15) is 11.5 Å². The molecule has 7 heteroatoms. The van der Waals surface area contributed by atoms with Crippen LogP contribution in [0.2, 0.25) is 0 Å². The van der Waals surface area contributed by atoms with Gasteiger partial charge in [-0.2, -0.15) is 0 Å². The van der Waals surface area contributed by atoms with Crippen molar-refractivity contribution in [2.24, 2.45) is 0 Å². The molecule has 4 rings (SSSR count). The first-order valence-electron chi connectivity index (χ1n) is 6.18. The first-order valence-corrected chi connectivity index (χ1v) is 7.16. The number of thioether (sulfide) groups is 1. The minimum Gasteiger partial charge on any atom is -0.360 e. The van der Waals surface area contributed by atoms with Crippen molar-refractivity contribution in [3.05, 3.63) is 41.8 Å². The van der Waals surface area contributed by atoms with Crippen LogP contribution in [0, 0.1) is 6.92 Å². The molecule has 0 radical (unpaired) electrons. The predicted molar refractivity (Wildman–Crippen MR) is 75.6 cm³/mol. The third kappa shape index (κ3) is 1.78. The second-order valence-corrected chi connectivity index (χ2v) is 5.43. The van der Waals surface area contributed by atoms with Gasteiger partial charge in [0.25, 0.3) is 0 Å². The van der Waals surface area contributed by atoms with Crippen molar-refractivity contribution in [3.8, 4) is 0 Å². The molecule has 3 aromatic heterocycles. The number of aromatic nitrogens is 5.